The van der Waals surface area contributed by atoms with Gasteiger partial charge < -0.3 is 10.1 Å². The number of anilines is 1. The van der Waals surface area contributed by atoms with E-state index in [1.807, 2.05) is 25.1 Å². The lowest BCUT2D eigenvalue weighted by Gasteiger charge is -2.16. The number of fused-ring (bicyclic) bond motifs is 1. The molecule has 0 aliphatic carbocycles. The van der Waals surface area contributed by atoms with Gasteiger partial charge in [0.05, 0.1) is 6.20 Å². The molecule has 1 N–H and O–H groups in total. The molecule has 0 amide bonds. The SMILES string of the molecule is COC(CNc1cc(C)nc2ccnn12)c1cccs1. The fraction of sp³-hybridized carbons (Fsp3) is 0.286. The Labute approximate surface area is 121 Å². The predicted molar refractivity (Wildman–Crippen MR) is 80.3 cm³/mol. The molecule has 104 valence electrons. The molecule has 20 heavy (non-hydrogen) atoms. The number of rotatable bonds is 5. The summed E-state index contributed by atoms with van der Waals surface area (Å²) in [7, 11) is 1.73. The van der Waals surface area contributed by atoms with Crippen LogP contribution in [0.1, 0.15) is 16.7 Å². The highest BCUT2D eigenvalue weighted by Crippen LogP contribution is 2.22. The minimum absolute atomic E-state index is 0.0362. The molecule has 0 bridgehead atoms. The second-order valence-electron chi connectivity index (χ2n) is 4.50. The Morgan fingerprint density at radius 3 is 3.10 bits per heavy atom. The van der Waals surface area contributed by atoms with Crippen LogP contribution in [0.3, 0.4) is 0 Å². The Kier molecular flexibility index (Phi) is 3.66. The third-order valence-electron chi connectivity index (χ3n) is 3.10. The summed E-state index contributed by atoms with van der Waals surface area (Å²) in [4.78, 5) is 5.64. The molecule has 1 atom stereocenters. The molecule has 6 heteroatoms. The Morgan fingerprint density at radius 2 is 2.35 bits per heavy atom. The van der Waals surface area contributed by atoms with Crippen LogP contribution in [0.2, 0.25) is 0 Å². The first kappa shape index (κ1) is 13.1. The predicted octanol–water partition coefficient (Wildman–Crippen LogP) is 2.90. The van der Waals surface area contributed by atoms with Crippen molar-refractivity contribution >= 4 is 22.8 Å². The lowest BCUT2D eigenvalue weighted by atomic mass is 10.3. The molecule has 3 aromatic rings. The van der Waals surface area contributed by atoms with Crippen LogP contribution in [0.15, 0.2) is 35.8 Å². The van der Waals surface area contributed by atoms with E-state index in [0.29, 0.717) is 6.54 Å². The van der Waals surface area contributed by atoms with Crippen LogP contribution in [-0.4, -0.2) is 28.3 Å². The summed E-state index contributed by atoms with van der Waals surface area (Å²) >= 11 is 1.70. The summed E-state index contributed by atoms with van der Waals surface area (Å²) < 4.78 is 7.34. The van der Waals surface area contributed by atoms with Gasteiger partial charge in [0.1, 0.15) is 11.9 Å². The molecule has 0 fully saturated rings. The van der Waals surface area contributed by atoms with Crippen molar-refractivity contribution in [3.8, 4) is 0 Å². The van der Waals surface area contributed by atoms with Crippen LogP contribution in [0, 0.1) is 6.92 Å². The molecule has 3 heterocycles. The lowest BCUT2D eigenvalue weighted by Crippen LogP contribution is -2.16. The van der Waals surface area contributed by atoms with Crippen molar-refractivity contribution in [1.29, 1.82) is 0 Å². The number of hydrogen-bond acceptors (Lipinski definition) is 5. The van der Waals surface area contributed by atoms with Gasteiger partial charge in [-0.1, -0.05) is 6.07 Å². The average Bonchev–Trinajstić information content (AvgIpc) is 3.09. The monoisotopic (exact) mass is 288 g/mol. The van der Waals surface area contributed by atoms with Crippen molar-refractivity contribution < 1.29 is 4.74 Å². The zero-order chi connectivity index (χ0) is 13.9. The Bertz CT molecular complexity index is 692. The van der Waals surface area contributed by atoms with Crippen LogP contribution in [-0.2, 0) is 4.74 Å². The van der Waals surface area contributed by atoms with Gasteiger partial charge in [0.25, 0.3) is 0 Å². The zero-order valence-corrected chi connectivity index (χ0v) is 12.2. The zero-order valence-electron chi connectivity index (χ0n) is 11.4. The molecule has 0 spiro atoms. The highest BCUT2D eigenvalue weighted by molar-refractivity contribution is 7.10. The van der Waals surface area contributed by atoms with Crippen molar-refractivity contribution in [3.05, 3.63) is 46.4 Å². The van der Waals surface area contributed by atoms with Crippen molar-refractivity contribution in [3.63, 3.8) is 0 Å². The molecule has 0 aliphatic heterocycles. The van der Waals surface area contributed by atoms with Crippen molar-refractivity contribution in [1.82, 2.24) is 14.6 Å². The van der Waals surface area contributed by atoms with Crippen molar-refractivity contribution in [2.75, 3.05) is 19.0 Å². The normalized spacial score (nSPS) is 12.7. The van der Waals surface area contributed by atoms with E-state index < -0.39 is 0 Å². The molecule has 0 aromatic carbocycles. The third-order valence-corrected chi connectivity index (χ3v) is 4.07. The molecule has 3 aromatic heterocycles. The quantitative estimate of drug-likeness (QED) is 0.784. The van der Waals surface area contributed by atoms with Crippen LogP contribution in [0.4, 0.5) is 5.82 Å². The summed E-state index contributed by atoms with van der Waals surface area (Å²) in [6.45, 7) is 2.67. The Hall–Kier alpha value is -1.92. The van der Waals surface area contributed by atoms with Crippen LogP contribution in [0.25, 0.3) is 5.65 Å². The minimum atomic E-state index is 0.0362. The molecule has 0 saturated carbocycles. The van der Waals surface area contributed by atoms with Gasteiger partial charge in [-0.3, -0.25) is 0 Å². The van der Waals surface area contributed by atoms with Crippen LogP contribution < -0.4 is 5.32 Å². The van der Waals surface area contributed by atoms with Gasteiger partial charge in [-0.2, -0.15) is 9.61 Å². The van der Waals surface area contributed by atoms with Gasteiger partial charge >= 0.3 is 0 Å². The summed E-state index contributed by atoms with van der Waals surface area (Å²) in [6, 6.07) is 8.00. The third kappa shape index (κ3) is 2.52. The minimum Gasteiger partial charge on any atom is -0.374 e. The summed E-state index contributed by atoms with van der Waals surface area (Å²) in [6.07, 6.45) is 1.79. The number of nitrogens with zero attached hydrogens (tertiary/aromatic N) is 3. The molecular weight excluding hydrogens is 272 g/mol. The van der Waals surface area contributed by atoms with Gasteiger partial charge in [0, 0.05) is 36.4 Å². The number of hydrogen-bond donors (Lipinski definition) is 1. The summed E-state index contributed by atoms with van der Waals surface area (Å²) in [5.41, 5.74) is 1.81. The number of nitrogens with one attached hydrogen (secondary N) is 1. The number of methoxy groups -OCH3 is 1. The maximum Gasteiger partial charge on any atom is 0.157 e. The second kappa shape index (κ2) is 5.60. The molecule has 5 nitrogen and oxygen atoms in total. The van der Waals surface area contributed by atoms with E-state index in [2.05, 4.69) is 26.8 Å². The van der Waals surface area contributed by atoms with Crippen LogP contribution >= 0.6 is 11.3 Å². The van der Waals surface area contributed by atoms with Gasteiger partial charge in [-0.15, -0.1) is 11.3 Å². The first-order valence-electron chi connectivity index (χ1n) is 6.39. The van der Waals surface area contributed by atoms with E-state index >= 15 is 0 Å². The first-order valence-corrected chi connectivity index (χ1v) is 7.27. The summed E-state index contributed by atoms with van der Waals surface area (Å²) in [5.74, 6) is 0.927. The van der Waals surface area contributed by atoms with Crippen molar-refractivity contribution in [2.24, 2.45) is 0 Å². The summed E-state index contributed by atoms with van der Waals surface area (Å²) in [5, 5.41) is 9.73. The lowest BCUT2D eigenvalue weighted by molar-refractivity contribution is 0.117. The maximum atomic E-state index is 5.54. The van der Waals surface area contributed by atoms with E-state index in [1.165, 1.54) is 4.88 Å². The molecule has 0 aliphatic rings. The molecule has 3 rings (SSSR count). The number of aryl methyl sites for hydroxylation is 1. The van der Waals surface area contributed by atoms with Gasteiger partial charge in [-0.05, 0) is 18.4 Å². The average molecular weight is 288 g/mol. The fourth-order valence-corrected chi connectivity index (χ4v) is 2.94. The highest BCUT2D eigenvalue weighted by Gasteiger charge is 2.12. The molecular formula is C14H16N4OS. The Morgan fingerprint density at radius 1 is 1.45 bits per heavy atom. The number of ether oxygens (including phenoxy) is 1. The highest BCUT2D eigenvalue weighted by atomic mass is 32.1. The Balaban J connectivity index is 1.81. The van der Waals surface area contributed by atoms with E-state index in [0.717, 1.165) is 17.2 Å². The molecule has 1 unspecified atom stereocenters. The molecule has 0 radical (unpaired) electrons. The van der Waals surface area contributed by atoms with E-state index in [4.69, 9.17) is 4.74 Å². The molecule has 0 saturated heterocycles. The number of aromatic nitrogens is 3. The van der Waals surface area contributed by atoms with Gasteiger partial charge in [0.15, 0.2) is 5.65 Å². The largest absolute Gasteiger partial charge is 0.374 e. The topological polar surface area (TPSA) is 51.5 Å². The van der Waals surface area contributed by atoms with Gasteiger partial charge in [-0.25, -0.2) is 4.98 Å². The van der Waals surface area contributed by atoms with Crippen LogP contribution in [0.5, 0.6) is 0 Å². The second-order valence-corrected chi connectivity index (χ2v) is 5.48. The van der Waals surface area contributed by atoms with E-state index in [-0.39, 0.29) is 6.10 Å². The van der Waals surface area contributed by atoms with E-state index in [9.17, 15) is 0 Å². The van der Waals surface area contributed by atoms with Gasteiger partial charge in [0.2, 0.25) is 0 Å². The van der Waals surface area contributed by atoms with E-state index in [1.54, 1.807) is 29.2 Å². The maximum absolute atomic E-state index is 5.54. The standard InChI is InChI=1S/C14H16N4OS/c1-10-8-14(18-13(17-10)5-6-16-18)15-9-11(19-2)12-4-3-7-20-12/h3-8,11,15H,9H2,1-2H3. The first-order chi connectivity index (χ1) is 9.78. The number of thiophene rings is 1. The smallest absolute Gasteiger partial charge is 0.157 e. The fourth-order valence-electron chi connectivity index (χ4n) is 2.14. The van der Waals surface area contributed by atoms with Crippen molar-refractivity contribution in [2.45, 2.75) is 13.0 Å².